The number of hydrogen-bond acceptors (Lipinski definition) is 3. The highest BCUT2D eigenvalue weighted by atomic mass is 32.0. The van der Waals surface area contributed by atoms with Crippen LogP contribution in [0.2, 0.25) is 0 Å². The van der Waals surface area contributed by atoms with Crippen molar-refractivity contribution in [1.29, 1.82) is 0 Å². The second kappa shape index (κ2) is 7.11. The zero-order valence-corrected chi connectivity index (χ0v) is 11.1. The van der Waals surface area contributed by atoms with Gasteiger partial charge in [-0.2, -0.15) is 0 Å². The maximum atomic E-state index is 11.2. The topological polar surface area (TPSA) is 43.4 Å². The van der Waals surface area contributed by atoms with E-state index in [2.05, 4.69) is 13.2 Å². The average Bonchev–Trinajstić information content (AvgIpc) is 2.33. The standard InChI is InChI=1S/C12H13O3P2/c1-3-6-10-8-5-9-11(7-4-2)12(10)15-17(14)16-13/h3-5,8-9H,1-2,6-7H2/q+1. The van der Waals surface area contributed by atoms with E-state index in [1.807, 2.05) is 18.2 Å². The lowest BCUT2D eigenvalue weighted by atomic mass is 10.0. The van der Waals surface area contributed by atoms with Crippen LogP contribution in [0.3, 0.4) is 0 Å². The average molecular weight is 267 g/mol. The van der Waals surface area contributed by atoms with Crippen molar-refractivity contribution in [3.8, 4) is 5.75 Å². The fraction of sp³-hybridized carbons (Fsp3) is 0.167. The van der Waals surface area contributed by atoms with Gasteiger partial charge in [0, 0.05) is 11.1 Å². The van der Waals surface area contributed by atoms with Crippen molar-refractivity contribution >= 4 is 15.9 Å². The van der Waals surface area contributed by atoms with E-state index < -0.39 is 15.9 Å². The zero-order chi connectivity index (χ0) is 12.7. The van der Waals surface area contributed by atoms with Crippen molar-refractivity contribution < 1.29 is 13.7 Å². The highest BCUT2D eigenvalue weighted by Crippen LogP contribution is 2.41. The van der Waals surface area contributed by atoms with Crippen LogP contribution in [0.25, 0.3) is 0 Å². The molecule has 0 radical (unpaired) electrons. The van der Waals surface area contributed by atoms with Crippen LogP contribution in [-0.4, -0.2) is 0 Å². The highest BCUT2D eigenvalue weighted by Gasteiger charge is 2.24. The Morgan fingerprint density at radius 3 is 2.18 bits per heavy atom. The molecule has 0 heterocycles. The van der Waals surface area contributed by atoms with E-state index in [1.54, 1.807) is 12.2 Å². The van der Waals surface area contributed by atoms with E-state index >= 15 is 0 Å². The van der Waals surface area contributed by atoms with Gasteiger partial charge in [-0.05, 0) is 17.4 Å². The normalized spacial score (nSPS) is 10.9. The Balaban J connectivity index is 3.16. The third-order valence-electron chi connectivity index (χ3n) is 2.14. The molecule has 0 fully saturated rings. The van der Waals surface area contributed by atoms with Crippen LogP contribution in [-0.2, 0) is 22.0 Å². The molecule has 1 aromatic carbocycles. The monoisotopic (exact) mass is 267 g/mol. The molecule has 0 amide bonds. The van der Waals surface area contributed by atoms with E-state index in [-0.39, 0.29) is 0 Å². The first kappa shape index (κ1) is 13.8. The highest BCUT2D eigenvalue weighted by molar-refractivity contribution is 8.07. The number of rotatable bonds is 7. The van der Waals surface area contributed by atoms with E-state index in [0.717, 1.165) is 11.1 Å². The predicted octanol–water partition coefficient (Wildman–Crippen LogP) is 4.47. The van der Waals surface area contributed by atoms with Crippen LogP contribution >= 0.6 is 15.9 Å². The minimum atomic E-state index is -2.21. The minimum absolute atomic E-state index is 0.501. The molecule has 0 saturated carbocycles. The van der Waals surface area contributed by atoms with Crippen molar-refractivity contribution in [3.63, 3.8) is 0 Å². The summed E-state index contributed by atoms with van der Waals surface area (Å²) in [7, 11) is -2.71. The van der Waals surface area contributed by atoms with Crippen LogP contribution in [0, 0.1) is 0 Å². The van der Waals surface area contributed by atoms with Gasteiger partial charge in [0.15, 0.2) is 5.75 Å². The van der Waals surface area contributed by atoms with Gasteiger partial charge in [0.05, 0.1) is 0 Å². The van der Waals surface area contributed by atoms with Gasteiger partial charge in [0.2, 0.25) is 0 Å². The van der Waals surface area contributed by atoms with Crippen molar-refractivity contribution in [3.05, 3.63) is 54.6 Å². The van der Waals surface area contributed by atoms with Gasteiger partial charge in [-0.25, -0.2) is 9.09 Å². The van der Waals surface area contributed by atoms with Gasteiger partial charge >= 0.3 is 15.9 Å². The smallest absolute Gasteiger partial charge is 0.246 e. The SMILES string of the molecule is C=CCc1cccc(CC=C)c1O[P+](=O)P=O. The van der Waals surface area contributed by atoms with Gasteiger partial charge in [0.1, 0.15) is 0 Å². The summed E-state index contributed by atoms with van der Waals surface area (Å²) in [5.74, 6) is 0.525. The molecular formula is C12H13O3P2+. The maximum absolute atomic E-state index is 11.2. The Kier molecular flexibility index (Phi) is 5.76. The zero-order valence-electron chi connectivity index (χ0n) is 9.33. The Hall–Kier alpha value is -1.30. The van der Waals surface area contributed by atoms with Crippen LogP contribution < -0.4 is 4.52 Å². The lowest BCUT2D eigenvalue weighted by molar-refractivity contribution is 0.510. The Morgan fingerprint density at radius 2 is 1.76 bits per heavy atom. The van der Waals surface area contributed by atoms with Crippen molar-refractivity contribution in [2.75, 3.05) is 0 Å². The van der Waals surface area contributed by atoms with Gasteiger partial charge < -0.3 is 0 Å². The van der Waals surface area contributed by atoms with Crippen LogP contribution in [0.15, 0.2) is 43.5 Å². The quantitative estimate of drug-likeness (QED) is 0.540. The molecule has 17 heavy (non-hydrogen) atoms. The molecule has 1 aromatic rings. The van der Waals surface area contributed by atoms with Gasteiger partial charge in [-0.15, -0.1) is 13.2 Å². The molecule has 0 N–H and O–H groups in total. The molecule has 1 rings (SSSR count). The number of hydrogen-bond donors (Lipinski definition) is 0. The summed E-state index contributed by atoms with van der Waals surface area (Å²) in [5, 5.41) is 0. The molecule has 0 bridgehead atoms. The maximum Gasteiger partial charge on any atom is 0.657 e. The second-order valence-corrected chi connectivity index (χ2v) is 5.59. The summed E-state index contributed by atoms with van der Waals surface area (Å²) in [6, 6.07) is 5.63. The summed E-state index contributed by atoms with van der Waals surface area (Å²) in [5.41, 5.74) is 1.76. The molecule has 0 aliphatic rings. The molecule has 88 valence electrons. The summed E-state index contributed by atoms with van der Waals surface area (Å²) in [4.78, 5) is 0. The Labute approximate surface area is 103 Å². The van der Waals surface area contributed by atoms with Crippen molar-refractivity contribution in [2.24, 2.45) is 0 Å². The first-order valence-electron chi connectivity index (χ1n) is 5.04. The molecule has 0 aromatic heterocycles. The van der Waals surface area contributed by atoms with Gasteiger partial charge in [0.25, 0.3) is 0 Å². The third kappa shape index (κ3) is 3.89. The first-order chi connectivity index (χ1) is 8.22. The van der Waals surface area contributed by atoms with E-state index in [0.29, 0.717) is 18.6 Å². The summed E-state index contributed by atoms with van der Waals surface area (Å²) >= 11 is 0. The summed E-state index contributed by atoms with van der Waals surface area (Å²) in [6.07, 6.45) is 4.70. The fourth-order valence-corrected chi connectivity index (χ4v) is 2.25. The molecule has 1 atom stereocenters. The van der Waals surface area contributed by atoms with Gasteiger partial charge in [-0.1, -0.05) is 30.4 Å². The van der Waals surface area contributed by atoms with Crippen LogP contribution in [0.1, 0.15) is 11.1 Å². The molecule has 0 saturated heterocycles. The molecular weight excluding hydrogens is 254 g/mol. The van der Waals surface area contributed by atoms with E-state index in [1.165, 1.54) is 0 Å². The first-order valence-corrected chi connectivity index (χ1v) is 7.73. The van der Waals surface area contributed by atoms with Crippen LogP contribution in [0.5, 0.6) is 5.75 Å². The number of benzene rings is 1. The fourth-order valence-electron chi connectivity index (χ4n) is 1.48. The summed E-state index contributed by atoms with van der Waals surface area (Å²) < 4.78 is 27.0. The van der Waals surface area contributed by atoms with Gasteiger partial charge in [-0.3, -0.25) is 0 Å². The minimum Gasteiger partial charge on any atom is -0.246 e. The third-order valence-corrected chi connectivity index (χ3v) is 3.26. The second-order valence-electron chi connectivity index (χ2n) is 3.30. The number of allylic oxidation sites excluding steroid dienone is 2. The van der Waals surface area contributed by atoms with Crippen LogP contribution in [0.4, 0.5) is 0 Å². The Bertz CT molecular complexity index is 427. The van der Waals surface area contributed by atoms with E-state index in [4.69, 9.17) is 4.52 Å². The Morgan fingerprint density at radius 1 is 1.24 bits per heavy atom. The molecule has 0 aliphatic heterocycles. The van der Waals surface area contributed by atoms with E-state index in [9.17, 15) is 9.13 Å². The molecule has 0 aliphatic carbocycles. The molecule has 5 heteroatoms. The lowest BCUT2D eigenvalue weighted by Gasteiger charge is -2.06. The molecule has 0 spiro atoms. The summed E-state index contributed by atoms with van der Waals surface area (Å²) in [6.45, 7) is 7.32. The van der Waals surface area contributed by atoms with Crippen molar-refractivity contribution in [1.82, 2.24) is 0 Å². The number of para-hydroxylation sites is 1. The molecule has 1 unspecified atom stereocenters. The predicted molar refractivity (Wildman–Crippen MR) is 70.1 cm³/mol. The molecule has 3 nitrogen and oxygen atoms in total. The largest absolute Gasteiger partial charge is 0.657 e. The van der Waals surface area contributed by atoms with Crippen molar-refractivity contribution in [2.45, 2.75) is 12.8 Å². The lowest BCUT2D eigenvalue weighted by Crippen LogP contribution is -1.94.